The molecule has 57 heavy (non-hydrogen) atoms. The number of hydrogen-bond acceptors (Lipinski definition) is 6. The zero-order valence-corrected chi connectivity index (χ0v) is 33.0. The second-order valence-corrected chi connectivity index (χ2v) is 14.8. The minimum atomic E-state index is -0.736. The van der Waals surface area contributed by atoms with Gasteiger partial charge in [-0.05, 0) is 70.0 Å². The van der Waals surface area contributed by atoms with Crippen LogP contribution in [0.5, 0.6) is 0 Å². The van der Waals surface area contributed by atoms with Crippen molar-refractivity contribution in [3.63, 3.8) is 0 Å². The molecular formula is C45H46N8O4. The summed E-state index contributed by atoms with van der Waals surface area (Å²) in [6, 6.07) is 30.9. The van der Waals surface area contributed by atoms with Gasteiger partial charge in [-0.3, -0.25) is 28.5 Å². The fourth-order valence-electron chi connectivity index (χ4n) is 7.98. The van der Waals surface area contributed by atoms with E-state index in [0.29, 0.717) is 22.8 Å². The molecule has 0 radical (unpaired) electrons. The maximum Gasteiger partial charge on any atom is 0.251 e. The molecule has 4 amide bonds. The Morgan fingerprint density at radius 1 is 0.544 bits per heavy atom. The summed E-state index contributed by atoms with van der Waals surface area (Å²) in [4.78, 5) is 51.8. The first-order valence-electron chi connectivity index (χ1n) is 18.9. The van der Waals surface area contributed by atoms with E-state index in [1.165, 1.54) is 0 Å². The van der Waals surface area contributed by atoms with Gasteiger partial charge < -0.3 is 21.3 Å². The van der Waals surface area contributed by atoms with Gasteiger partial charge >= 0.3 is 0 Å². The number of aryl methyl sites for hydroxylation is 7. The molecule has 12 nitrogen and oxygen atoms in total. The van der Waals surface area contributed by atoms with E-state index in [0.717, 1.165) is 50.3 Å². The summed E-state index contributed by atoms with van der Waals surface area (Å²) in [7, 11) is 3.62. The first kappa shape index (κ1) is 38.5. The lowest BCUT2D eigenvalue weighted by atomic mass is 9.81. The molecule has 4 N–H and O–H groups in total. The van der Waals surface area contributed by atoms with E-state index in [2.05, 4.69) is 43.6 Å². The van der Waals surface area contributed by atoms with Crippen molar-refractivity contribution in [2.75, 3.05) is 10.6 Å². The topological polar surface area (TPSA) is 152 Å². The van der Waals surface area contributed by atoms with Crippen LogP contribution in [0.25, 0.3) is 0 Å². The van der Waals surface area contributed by atoms with Crippen molar-refractivity contribution >= 4 is 35.3 Å². The van der Waals surface area contributed by atoms with E-state index in [1.54, 1.807) is 39.7 Å². The maximum absolute atomic E-state index is 13.1. The highest BCUT2D eigenvalue weighted by atomic mass is 16.2. The van der Waals surface area contributed by atoms with Crippen molar-refractivity contribution in [3.8, 4) is 0 Å². The Labute approximate surface area is 331 Å². The molecule has 6 aromatic rings. The lowest BCUT2D eigenvalue weighted by molar-refractivity contribution is -0.119. The van der Waals surface area contributed by atoms with Crippen LogP contribution in [-0.2, 0) is 23.7 Å². The van der Waals surface area contributed by atoms with Crippen LogP contribution in [0.3, 0.4) is 0 Å². The monoisotopic (exact) mass is 762 g/mol. The molecule has 0 bridgehead atoms. The van der Waals surface area contributed by atoms with E-state index in [1.807, 2.05) is 109 Å². The molecule has 0 spiro atoms. The predicted octanol–water partition coefficient (Wildman–Crippen LogP) is 6.15. The lowest BCUT2D eigenvalue weighted by Gasteiger charge is -2.32. The number of aromatic nitrogens is 4. The molecule has 4 atom stereocenters. The molecule has 12 heteroatoms. The smallest absolute Gasteiger partial charge is 0.251 e. The minimum absolute atomic E-state index is 0.243. The van der Waals surface area contributed by atoms with Gasteiger partial charge in [0.15, 0.2) is 0 Å². The van der Waals surface area contributed by atoms with E-state index in [9.17, 15) is 19.2 Å². The normalized spacial score (nSPS) is 18.2. The summed E-state index contributed by atoms with van der Waals surface area (Å²) in [5.74, 6) is -0.301. The third-order valence-electron chi connectivity index (χ3n) is 10.6. The van der Waals surface area contributed by atoms with Gasteiger partial charge in [0.1, 0.15) is 23.7 Å². The van der Waals surface area contributed by atoms with Gasteiger partial charge in [-0.2, -0.15) is 10.2 Å². The van der Waals surface area contributed by atoms with Gasteiger partial charge in [-0.1, -0.05) is 95.6 Å². The SMILES string of the molecule is Cc1cccc(C(=O)N[C@@H]2C(=O)Nc3c(c(C)nn3C)[C@@H]2c2cccc(C)c2)c1.Cc1cccc([C@H]2c3c(C)nn(C)c3NC(=O)[C@H]2NC(=O)c2ccccc2)c1. The number of fused-ring (bicyclic) bond motifs is 2. The Balaban J connectivity index is 0.000000174. The molecule has 0 saturated heterocycles. The van der Waals surface area contributed by atoms with Crippen molar-refractivity contribution in [2.45, 2.75) is 58.5 Å². The highest BCUT2D eigenvalue weighted by Crippen LogP contribution is 2.41. The molecule has 4 aromatic carbocycles. The molecule has 290 valence electrons. The largest absolute Gasteiger partial charge is 0.339 e. The first-order valence-corrected chi connectivity index (χ1v) is 18.9. The van der Waals surface area contributed by atoms with E-state index in [4.69, 9.17) is 0 Å². The molecule has 0 unspecified atom stereocenters. The highest BCUT2D eigenvalue weighted by Gasteiger charge is 2.42. The summed E-state index contributed by atoms with van der Waals surface area (Å²) in [5.41, 5.74) is 9.75. The maximum atomic E-state index is 13.1. The standard InChI is InChI=1S/C23H24N4O2.C22H22N4O2/c1-13-7-5-9-16(11-13)19-18-15(3)26-27(4)21(18)25-23(29)20(19)24-22(28)17-10-6-8-14(2)12-17;1-13-8-7-11-16(12-13)18-17-14(2)25-26(3)20(17)24-22(28)19(18)23-21(27)15-9-5-4-6-10-15/h5-12,19-20H,1-4H3,(H,24,28)(H,25,29);4-12,18-19H,1-3H3,(H,23,27)(H,24,28)/t19-,20-;18-,19-/m00/s1. The molecule has 8 rings (SSSR count). The molecule has 2 aromatic heterocycles. The number of benzene rings is 4. The number of nitrogens with one attached hydrogen (secondary N) is 4. The molecular weight excluding hydrogens is 717 g/mol. The highest BCUT2D eigenvalue weighted by molar-refractivity contribution is 6.05. The van der Waals surface area contributed by atoms with Crippen LogP contribution in [0.4, 0.5) is 11.6 Å². The van der Waals surface area contributed by atoms with Gasteiger partial charge in [0.25, 0.3) is 11.8 Å². The number of nitrogens with zero attached hydrogens (tertiary/aromatic N) is 4. The average Bonchev–Trinajstić information content (AvgIpc) is 3.63. The molecule has 0 aliphatic carbocycles. The van der Waals surface area contributed by atoms with Crippen LogP contribution in [0.15, 0.2) is 103 Å². The Hall–Kier alpha value is -6.82. The zero-order valence-electron chi connectivity index (χ0n) is 33.0. The van der Waals surface area contributed by atoms with E-state index < -0.39 is 12.1 Å². The van der Waals surface area contributed by atoms with Crippen molar-refractivity contribution < 1.29 is 19.2 Å². The van der Waals surface area contributed by atoms with Gasteiger partial charge in [0, 0.05) is 48.2 Å². The lowest BCUT2D eigenvalue weighted by Crippen LogP contribution is -2.50. The van der Waals surface area contributed by atoms with Crippen molar-refractivity contribution in [1.29, 1.82) is 0 Å². The summed E-state index contributed by atoms with van der Waals surface area (Å²) in [6.07, 6.45) is 0. The molecule has 2 aliphatic heterocycles. The van der Waals surface area contributed by atoms with Gasteiger partial charge in [0.05, 0.1) is 11.4 Å². The Bertz CT molecular complexity index is 2520. The quantitative estimate of drug-likeness (QED) is 0.160. The fraction of sp³-hybridized carbons (Fsp3) is 0.244. The second kappa shape index (κ2) is 15.7. The van der Waals surface area contributed by atoms with Crippen molar-refractivity contribution in [1.82, 2.24) is 30.2 Å². The summed E-state index contributed by atoms with van der Waals surface area (Å²) >= 11 is 0. The number of carbonyl (C=O) groups is 4. The molecule has 0 fully saturated rings. The van der Waals surface area contributed by atoms with Crippen LogP contribution >= 0.6 is 0 Å². The van der Waals surface area contributed by atoms with E-state index >= 15 is 0 Å². The molecule has 0 saturated carbocycles. The summed E-state index contributed by atoms with van der Waals surface area (Å²) in [5, 5.41) is 20.7. The Morgan fingerprint density at radius 2 is 0.947 bits per heavy atom. The number of anilines is 2. The van der Waals surface area contributed by atoms with Gasteiger partial charge in [-0.15, -0.1) is 0 Å². The van der Waals surface area contributed by atoms with Crippen LogP contribution in [0.1, 0.15) is 82.9 Å². The zero-order chi connectivity index (χ0) is 40.5. The molecule has 2 aliphatic rings. The predicted molar refractivity (Wildman–Crippen MR) is 219 cm³/mol. The minimum Gasteiger partial charge on any atom is -0.339 e. The number of rotatable bonds is 6. The molecule has 4 heterocycles. The Kier molecular flexibility index (Phi) is 10.6. The van der Waals surface area contributed by atoms with Crippen LogP contribution < -0.4 is 21.3 Å². The average molecular weight is 763 g/mol. The van der Waals surface area contributed by atoms with Gasteiger partial charge in [0.2, 0.25) is 11.8 Å². The van der Waals surface area contributed by atoms with Crippen LogP contribution in [0.2, 0.25) is 0 Å². The van der Waals surface area contributed by atoms with Crippen LogP contribution in [-0.4, -0.2) is 55.3 Å². The van der Waals surface area contributed by atoms with Crippen molar-refractivity contribution in [3.05, 3.63) is 165 Å². The van der Waals surface area contributed by atoms with Crippen molar-refractivity contribution in [2.24, 2.45) is 14.1 Å². The third kappa shape index (κ3) is 7.71. The second-order valence-electron chi connectivity index (χ2n) is 14.8. The Morgan fingerprint density at radius 3 is 1.39 bits per heavy atom. The third-order valence-corrected chi connectivity index (χ3v) is 10.6. The number of amides is 4. The number of carbonyl (C=O) groups excluding carboxylic acids is 4. The fourth-order valence-corrected chi connectivity index (χ4v) is 7.98. The van der Waals surface area contributed by atoms with Gasteiger partial charge in [-0.25, -0.2) is 0 Å². The summed E-state index contributed by atoms with van der Waals surface area (Å²) < 4.78 is 3.37. The van der Waals surface area contributed by atoms with E-state index in [-0.39, 0.29) is 35.5 Å². The first-order chi connectivity index (χ1) is 27.3. The number of hydrogen-bond donors (Lipinski definition) is 4. The van der Waals surface area contributed by atoms with Crippen LogP contribution in [0, 0.1) is 34.6 Å². The summed E-state index contributed by atoms with van der Waals surface area (Å²) in [6.45, 7) is 9.82.